The third-order valence-electron chi connectivity index (χ3n) is 5.92. The standard InChI is InChI=1S/C15H25N2O2/c16-13(18)12-11-14(7-3-1-4-8-14)17(19)15(12)9-5-2-6-10-15/h12H,1-11H2,(H2,16,18). The van der Waals surface area contributed by atoms with Crippen LogP contribution in [0.4, 0.5) is 0 Å². The predicted octanol–water partition coefficient (Wildman–Crippen LogP) is 2.54. The smallest absolute Gasteiger partial charge is 0.222 e. The van der Waals surface area contributed by atoms with Crippen molar-refractivity contribution >= 4 is 5.91 Å². The molecule has 1 unspecified atom stereocenters. The van der Waals surface area contributed by atoms with E-state index in [2.05, 4.69) is 0 Å². The van der Waals surface area contributed by atoms with Crippen LogP contribution in [0.15, 0.2) is 0 Å². The van der Waals surface area contributed by atoms with Gasteiger partial charge >= 0.3 is 0 Å². The van der Waals surface area contributed by atoms with Crippen molar-refractivity contribution in [3.8, 4) is 0 Å². The number of primary amides is 1. The third-order valence-corrected chi connectivity index (χ3v) is 5.92. The summed E-state index contributed by atoms with van der Waals surface area (Å²) >= 11 is 0. The molecule has 1 amide bonds. The Hall–Kier alpha value is -0.610. The molecular formula is C15H25N2O2. The van der Waals surface area contributed by atoms with E-state index >= 15 is 0 Å². The maximum Gasteiger partial charge on any atom is 0.222 e. The Morgan fingerprint density at radius 2 is 1.47 bits per heavy atom. The van der Waals surface area contributed by atoms with E-state index in [4.69, 9.17) is 5.73 Å². The minimum atomic E-state index is -0.457. The fourth-order valence-electron chi connectivity index (χ4n) is 4.96. The molecule has 4 heteroatoms. The molecule has 2 spiro atoms. The van der Waals surface area contributed by atoms with Gasteiger partial charge in [-0.15, -0.1) is 10.3 Å². The van der Waals surface area contributed by atoms with Crippen molar-refractivity contribution in [1.29, 1.82) is 0 Å². The molecule has 0 aromatic carbocycles. The Bertz CT molecular complexity index is 357. The zero-order valence-corrected chi connectivity index (χ0v) is 11.7. The lowest BCUT2D eigenvalue weighted by atomic mass is 9.72. The molecule has 19 heavy (non-hydrogen) atoms. The highest BCUT2D eigenvalue weighted by molar-refractivity contribution is 5.79. The highest BCUT2D eigenvalue weighted by Gasteiger charge is 2.62. The maximum absolute atomic E-state index is 13.1. The van der Waals surface area contributed by atoms with Gasteiger partial charge in [0.05, 0.1) is 17.0 Å². The first kappa shape index (κ1) is 13.4. The maximum atomic E-state index is 13.1. The average Bonchev–Trinajstić information content (AvgIpc) is 2.65. The molecular weight excluding hydrogens is 240 g/mol. The van der Waals surface area contributed by atoms with E-state index in [-0.39, 0.29) is 17.4 Å². The summed E-state index contributed by atoms with van der Waals surface area (Å²) in [7, 11) is 0. The zero-order valence-electron chi connectivity index (χ0n) is 11.7. The van der Waals surface area contributed by atoms with Gasteiger partial charge in [0.1, 0.15) is 0 Å². The monoisotopic (exact) mass is 265 g/mol. The van der Waals surface area contributed by atoms with Gasteiger partial charge in [-0.2, -0.15) is 0 Å². The molecule has 1 radical (unpaired) electrons. The minimum Gasteiger partial charge on any atom is -0.369 e. The van der Waals surface area contributed by atoms with Crippen LogP contribution in [0.2, 0.25) is 0 Å². The molecule has 2 N–H and O–H groups in total. The Morgan fingerprint density at radius 3 is 2.00 bits per heavy atom. The lowest BCUT2D eigenvalue weighted by molar-refractivity contribution is -0.276. The number of amides is 1. The molecule has 107 valence electrons. The summed E-state index contributed by atoms with van der Waals surface area (Å²) < 4.78 is 0. The van der Waals surface area contributed by atoms with Crippen molar-refractivity contribution < 1.29 is 10.0 Å². The molecule has 1 heterocycles. The van der Waals surface area contributed by atoms with E-state index in [1.165, 1.54) is 17.9 Å². The second-order valence-corrected chi connectivity index (χ2v) is 6.90. The first-order valence-corrected chi connectivity index (χ1v) is 7.88. The fourth-order valence-corrected chi connectivity index (χ4v) is 4.96. The molecule has 1 aliphatic heterocycles. The number of hydroxylamine groups is 2. The molecule has 2 aliphatic carbocycles. The number of carbonyl (C=O) groups excluding carboxylic acids is 1. The highest BCUT2D eigenvalue weighted by Crippen LogP contribution is 2.55. The first-order valence-electron chi connectivity index (χ1n) is 7.88. The summed E-state index contributed by atoms with van der Waals surface area (Å²) in [5, 5.41) is 14.5. The van der Waals surface area contributed by atoms with Crippen LogP contribution < -0.4 is 5.73 Å². The van der Waals surface area contributed by atoms with Crippen molar-refractivity contribution in [2.75, 3.05) is 0 Å². The van der Waals surface area contributed by atoms with Gasteiger partial charge in [-0.05, 0) is 32.1 Å². The van der Waals surface area contributed by atoms with Gasteiger partial charge in [-0.3, -0.25) is 4.79 Å². The van der Waals surface area contributed by atoms with E-state index in [1.807, 2.05) is 0 Å². The van der Waals surface area contributed by atoms with Gasteiger partial charge in [0.2, 0.25) is 5.91 Å². The Labute approximate surface area is 115 Å². The summed E-state index contributed by atoms with van der Waals surface area (Å²) in [6.07, 6.45) is 11.2. The van der Waals surface area contributed by atoms with E-state index in [0.29, 0.717) is 6.42 Å². The van der Waals surface area contributed by atoms with Crippen LogP contribution in [0, 0.1) is 5.92 Å². The van der Waals surface area contributed by atoms with E-state index < -0.39 is 5.54 Å². The lowest BCUT2D eigenvalue weighted by Gasteiger charge is -2.45. The lowest BCUT2D eigenvalue weighted by Crippen LogP contribution is -2.55. The molecule has 0 aromatic rings. The molecule has 0 aromatic heterocycles. The van der Waals surface area contributed by atoms with Crippen LogP contribution in [0.25, 0.3) is 0 Å². The van der Waals surface area contributed by atoms with Gasteiger partial charge in [-0.1, -0.05) is 38.5 Å². The van der Waals surface area contributed by atoms with Gasteiger partial charge in [0.15, 0.2) is 0 Å². The SMILES string of the molecule is NC(=O)C1CC2(CCCCC2)N([O])C12CCCCC2. The normalized spacial score (nSPS) is 33.8. The van der Waals surface area contributed by atoms with Gasteiger partial charge in [0, 0.05) is 0 Å². The van der Waals surface area contributed by atoms with Gasteiger partial charge in [-0.25, -0.2) is 0 Å². The molecule has 0 bridgehead atoms. The van der Waals surface area contributed by atoms with Crippen molar-refractivity contribution in [2.24, 2.45) is 11.7 Å². The number of carbonyl (C=O) groups is 1. The molecule has 2 saturated carbocycles. The summed E-state index contributed by atoms with van der Waals surface area (Å²) in [6.45, 7) is 0. The quantitative estimate of drug-likeness (QED) is 0.791. The van der Waals surface area contributed by atoms with Crippen molar-refractivity contribution in [3.63, 3.8) is 0 Å². The largest absolute Gasteiger partial charge is 0.369 e. The van der Waals surface area contributed by atoms with Crippen LogP contribution in [-0.4, -0.2) is 22.0 Å². The second kappa shape index (κ2) is 4.74. The summed E-state index contributed by atoms with van der Waals surface area (Å²) in [4.78, 5) is 11.9. The molecule has 1 saturated heterocycles. The molecule has 1 atom stereocenters. The highest BCUT2D eigenvalue weighted by atomic mass is 16.5. The van der Waals surface area contributed by atoms with Gasteiger partial charge in [0.25, 0.3) is 0 Å². The summed E-state index contributed by atoms with van der Waals surface area (Å²) in [6, 6.07) is 0. The topological polar surface area (TPSA) is 66.2 Å². The van der Waals surface area contributed by atoms with E-state index in [0.717, 1.165) is 51.4 Å². The number of rotatable bonds is 1. The number of nitrogens with zero attached hydrogens (tertiary/aromatic N) is 1. The Balaban J connectivity index is 1.94. The Kier molecular flexibility index (Phi) is 3.34. The first-order chi connectivity index (χ1) is 9.11. The van der Waals surface area contributed by atoms with E-state index in [1.54, 1.807) is 0 Å². The number of nitrogens with two attached hydrogens (primary N) is 1. The van der Waals surface area contributed by atoms with Crippen LogP contribution in [0.1, 0.15) is 70.6 Å². The third kappa shape index (κ3) is 1.91. The minimum absolute atomic E-state index is 0.219. The Morgan fingerprint density at radius 1 is 0.947 bits per heavy atom. The van der Waals surface area contributed by atoms with E-state index in [9.17, 15) is 10.0 Å². The van der Waals surface area contributed by atoms with Crippen molar-refractivity contribution in [2.45, 2.75) is 81.7 Å². The van der Waals surface area contributed by atoms with Crippen LogP contribution in [-0.2, 0) is 10.0 Å². The zero-order chi connectivity index (χ0) is 13.5. The van der Waals surface area contributed by atoms with Crippen molar-refractivity contribution in [3.05, 3.63) is 0 Å². The van der Waals surface area contributed by atoms with Crippen molar-refractivity contribution in [1.82, 2.24) is 5.06 Å². The molecule has 3 rings (SSSR count). The predicted molar refractivity (Wildman–Crippen MR) is 71.5 cm³/mol. The number of hydrogen-bond acceptors (Lipinski definition) is 2. The second-order valence-electron chi connectivity index (χ2n) is 6.90. The molecule has 3 fully saturated rings. The molecule has 3 aliphatic rings. The van der Waals surface area contributed by atoms with Crippen LogP contribution >= 0.6 is 0 Å². The summed E-state index contributed by atoms with van der Waals surface area (Å²) in [5.74, 6) is -0.464. The van der Waals surface area contributed by atoms with Gasteiger partial charge < -0.3 is 5.73 Å². The molecule has 4 nitrogen and oxygen atoms in total. The van der Waals surface area contributed by atoms with Crippen LogP contribution in [0.3, 0.4) is 0 Å². The fraction of sp³-hybridized carbons (Fsp3) is 0.933. The number of hydrogen-bond donors (Lipinski definition) is 1. The summed E-state index contributed by atoms with van der Waals surface area (Å²) in [5.41, 5.74) is 4.93. The van der Waals surface area contributed by atoms with Crippen LogP contribution in [0.5, 0.6) is 0 Å². The average molecular weight is 265 g/mol.